The van der Waals surface area contributed by atoms with Crippen LogP contribution in [0.4, 0.5) is 5.82 Å². The summed E-state index contributed by atoms with van der Waals surface area (Å²) in [6, 6.07) is 13.0. The van der Waals surface area contributed by atoms with Gasteiger partial charge in [0.15, 0.2) is 6.29 Å². The van der Waals surface area contributed by atoms with Crippen molar-refractivity contribution in [1.82, 2.24) is 15.4 Å². The number of aryl methyl sites for hydroxylation is 1. The van der Waals surface area contributed by atoms with Crippen molar-refractivity contribution >= 4 is 40.4 Å². The van der Waals surface area contributed by atoms with Crippen LogP contribution in [-0.2, 0) is 14.4 Å². The van der Waals surface area contributed by atoms with E-state index in [1.807, 2.05) is 13.0 Å². The van der Waals surface area contributed by atoms with Crippen LogP contribution in [0, 0.1) is 6.92 Å². The fourth-order valence-electron chi connectivity index (χ4n) is 4.10. The number of aromatic nitrogens is 1. The summed E-state index contributed by atoms with van der Waals surface area (Å²) >= 11 is 2.52. The zero-order chi connectivity index (χ0) is 23.0. The number of nitrogens with one attached hydrogen (secondary N) is 2. The molecule has 2 saturated heterocycles. The average molecular weight is 562 g/mol. The molecule has 2 aliphatic rings. The first kappa shape index (κ1) is 24.1. The van der Waals surface area contributed by atoms with Crippen LogP contribution in [-0.4, -0.2) is 47.8 Å². The van der Waals surface area contributed by atoms with E-state index in [1.54, 1.807) is 12.3 Å². The van der Waals surface area contributed by atoms with Gasteiger partial charge in [0.05, 0.1) is 4.05 Å². The highest BCUT2D eigenvalue weighted by molar-refractivity contribution is 14.1. The first-order valence-corrected chi connectivity index (χ1v) is 12.7. The third-order valence-corrected chi connectivity index (χ3v) is 7.42. The molecule has 176 valence electrons. The van der Waals surface area contributed by atoms with Crippen LogP contribution in [0.1, 0.15) is 46.4 Å². The maximum atomic E-state index is 12.0. The molecule has 3 heterocycles. The molecule has 0 bridgehead atoms. The molecule has 1 aromatic carbocycles. The average Bonchev–Trinajstić information content (AvgIpc) is 3.32. The predicted molar refractivity (Wildman–Crippen MR) is 138 cm³/mol. The lowest BCUT2D eigenvalue weighted by Gasteiger charge is -2.23. The van der Waals surface area contributed by atoms with Crippen LogP contribution in [0.5, 0.6) is 0 Å². The van der Waals surface area contributed by atoms with Gasteiger partial charge in [-0.3, -0.25) is 9.69 Å². The van der Waals surface area contributed by atoms with Gasteiger partial charge in [-0.15, -0.1) is 0 Å². The summed E-state index contributed by atoms with van der Waals surface area (Å²) in [6.07, 6.45) is 8.58. The summed E-state index contributed by atoms with van der Waals surface area (Å²) in [5.41, 5.74) is 5.69. The molecule has 0 spiro atoms. The second-order valence-corrected chi connectivity index (χ2v) is 9.70. The third kappa shape index (κ3) is 6.99. The summed E-state index contributed by atoms with van der Waals surface area (Å²) in [4.78, 5) is 24.4. The lowest BCUT2D eigenvalue weighted by Crippen LogP contribution is -2.32. The van der Waals surface area contributed by atoms with Crippen molar-refractivity contribution in [2.24, 2.45) is 0 Å². The first-order valence-electron chi connectivity index (χ1n) is 11.5. The van der Waals surface area contributed by atoms with E-state index in [0.717, 1.165) is 55.7 Å². The Balaban J connectivity index is 1.26. The Hall–Kier alpha value is -2.01. The summed E-state index contributed by atoms with van der Waals surface area (Å²) < 4.78 is 5.81. The number of nitrogens with zero attached hydrogens (tertiary/aromatic N) is 2. The highest BCUT2D eigenvalue weighted by Crippen LogP contribution is 2.31. The van der Waals surface area contributed by atoms with Gasteiger partial charge in [0.1, 0.15) is 5.82 Å². The molecule has 2 aliphatic heterocycles. The molecular weight excluding hydrogens is 531 g/mol. The zero-order valence-electron chi connectivity index (χ0n) is 18.9. The molecule has 4 rings (SSSR count). The number of likely N-dealkylation sites (tertiary alicyclic amines) is 1. The summed E-state index contributed by atoms with van der Waals surface area (Å²) in [7, 11) is 0. The van der Waals surface area contributed by atoms with Crippen LogP contribution in [0.25, 0.3) is 6.08 Å². The Morgan fingerprint density at radius 2 is 2.15 bits per heavy atom. The number of hydroxylamine groups is 1. The Labute approximate surface area is 209 Å². The van der Waals surface area contributed by atoms with Gasteiger partial charge in [0, 0.05) is 44.4 Å². The number of carbonyl (C=O) groups is 1. The quantitative estimate of drug-likeness (QED) is 0.161. The fourth-order valence-corrected chi connectivity index (χ4v) is 5.02. The van der Waals surface area contributed by atoms with Gasteiger partial charge in [-0.25, -0.2) is 15.3 Å². The number of halogens is 1. The molecule has 0 radical (unpaired) electrons. The van der Waals surface area contributed by atoms with Crippen molar-refractivity contribution in [2.75, 3.05) is 25.0 Å². The molecule has 2 aromatic rings. The minimum absolute atomic E-state index is 0.318. The Morgan fingerprint density at radius 3 is 2.91 bits per heavy atom. The van der Waals surface area contributed by atoms with Crippen LogP contribution < -0.4 is 10.8 Å². The highest BCUT2D eigenvalue weighted by atomic mass is 127. The van der Waals surface area contributed by atoms with E-state index in [0.29, 0.717) is 16.7 Å². The lowest BCUT2D eigenvalue weighted by atomic mass is 10.1. The van der Waals surface area contributed by atoms with Crippen LogP contribution in [0.2, 0.25) is 0 Å². The smallest absolute Gasteiger partial charge is 0.267 e. The molecule has 2 N–H and O–H groups in total. The molecule has 8 heteroatoms. The third-order valence-electron chi connectivity index (χ3n) is 5.91. The number of benzene rings is 1. The lowest BCUT2D eigenvalue weighted by molar-refractivity contribution is -0.198. The largest absolute Gasteiger partial charge is 0.366 e. The van der Waals surface area contributed by atoms with Crippen molar-refractivity contribution < 1.29 is 14.4 Å². The molecule has 1 amide bonds. The monoisotopic (exact) mass is 562 g/mol. The topological polar surface area (TPSA) is 75.7 Å². The van der Waals surface area contributed by atoms with E-state index in [1.165, 1.54) is 11.6 Å². The van der Waals surface area contributed by atoms with Gasteiger partial charge in [0.2, 0.25) is 0 Å². The zero-order valence-corrected chi connectivity index (χ0v) is 21.0. The van der Waals surface area contributed by atoms with Gasteiger partial charge in [-0.1, -0.05) is 52.9 Å². The van der Waals surface area contributed by atoms with Gasteiger partial charge in [0.25, 0.3) is 5.91 Å². The summed E-state index contributed by atoms with van der Waals surface area (Å²) in [5, 5.41) is 3.60. The molecule has 33 heavy (non-hydrogen) atoms. The van der Waals surface area contributed by atoms with Crippen LogP contribution in [0.3, 0.4) is 0 Å². The van der Waals surface area contributed by atoms with E-state index in [4.69, 9.17) is 9.57 Å². The maximum absolute atomic E-state index is 12.0. The number of pyridine rings is 1. The number of ether oxygens (including phenoxy) is 1. The number of alkyl halides is 1. The standard InChI is InChI=1S/C25H31IN4O3/c1-18-15-19(10-11-22(31)29-33-23-9-5-6-14-32-23)16-27-25(18)28-21-12-13-30(17-21)24(26)20-7-3-2-4-8-20/h2-4,7-8,10-11,15-16,21,23-24H,5-6,9,12-14,17H2,1H3,(H,27,28)(H,29,31)/t21-,23?,24?/m1/s1. The fraction of sp³-hybridized carbons (Fsp3) is 0.440. The molecule has 1 aromatic heterocycles. The molecular formula is C25H31IN4O3. The Morgan fingerprint density at radius 1 is 1.30 bits per heavy atom. The molecule has 0 saturated carbocycles. The number of anilines is 1. The minimum Gasteiger partial charge on any atom is -0.366 e. The second kappa shape index (κ2) is 11.9. The summed E-state index contributed by atoms with van der Waals surface area (Å²) in [6.45, 7) is 4.75. The Kier molecular flexibility index (Phi) is 8.71. The second-order valence-electron chi connectivity index (χ2n) is 8.52. The van der Waals surface area contributed by atoms with E-state index in [9.17, 15) is 4.79 Å². The van der Waals surface area contributed by atoms with Crippen molar-refractivity contribution in [3.05, 3.63) is 65.4 Å². The number of amides is 1. The number of hydrogen-bond acceptors (Lipinski definition) is 6. The van der Waals surface area contributed by atoms with Gasteiger partial charge in [-0.05, 0) is 55.0 Å². The number of rotatable bonds is 8. The van der Waals surface area contributed by atoms with Crippen LogP contribution >= 0.6 is 22.6 Å². The number of hydrogen-bond donors (Lipinski definition) is 2. The molecule has 3 atom stereocenters. The van der Waals surface area contributed by atoms with Gasteiger partial charge >= 0.3 is 0 Å². The first-order chi connectivity index (χ1) is 16.1. The van der Waals surface area contributed by atoms with Crippen LogP contribution in [0.15, 0.2) is 48.7 Å². The molecule has 2 fully saturated rings. The predicted octanol–water partition coefficient (Wildman–Crippen LogP) is 4.60. The number of carbonyl (C=O) groups excluding carboxylic acids is 1. The van der Waals surface area contributed by atoms with Crippen molar-refractivity contribution in [2.45, 2.75) is 49.0 Å². The van der Waals surface area contributed by atoms with E-state index >= 15 is 0 Å². The van der Waals surface area contributed by atoms with Crippen molar-refractivity contribution in [3.63, 3.8) is 0 Å². The van der Waals surface area contributed by atoms with Crippen molar-refractivity contribution in [3.8, 4) is 0 Å². The highest BCUT2D eigenvalue weighted by Gasteiger charge is 2.28. The molecule has 7 nitrogen and oxygen atoms in total. The molecule has 2 unspecified atom stereocenters. The minimum atomic E-state index is -0.355. The van der Waals surface area contributed by atoms with Gasteiger partial charge in [-0.2, -0.15) is 0 Å². The van der Waals surface area contributed by atoms with E-state index in [2.05, 4.69) is 73.6 Å². The molecule has 0 aliphatic carbocycles. The SMILES string of the molecule is Cc1cc(C=CC(=O)NOC2CCCCO2)cnc1N[C@@H]1CCN(C(I)c2ccccc2)C1. The van der Waals surface area contributed by atoms with Crippen molar-refractivity contribution in [1.29, 1.82) is 0 Å². The maximum Gasteiger partial charge on any atom is 0.267 e. The Bertz CT molecular complexity index is 950. The van der Waals surface area contributed by atoms with Gasteiger partial charge < -0.3 is 10.1 Å². The normalized spacial score (nSPS) is 22.4. The summed E-state index contributed by atoms with van der Waals surface area (Å²) in [5.74, 6) is 0.577. The van der Waals surface area contributed by atoms with E-state index in [-0.39, 0.29) is 12.2 Å². The van der Waals surface area contributed by atoms with E-state index < -0.39 is 0 Å².